The average Bonchev–Trinajstić information content (AvgIpc) is 2.46. The van der Waals surface area contributed by atoms with Crippen LogP contribution in [0.1, 0.15) is 36.2 Å². The summed E-state index contributed by atoms with van der Waals surface area (Å²) in [6, 6.07) is 7.80. The minimum Gasteiger partial charge on any atom is -0.348 e. The second-order valence-electron chi connectivity index (χ2n) is 4.61. The maximum absolute atomic E-state index is 12.0. The molecule has 1 rings (SSSR count). The minimum atomic E-state index is -0.0486. The number of carbonyl (C=O) groups excluding carboxylic acids is 1. The Hall–Kier alpha value is -2.09. The molecule has 0 aliphatic heterocycles. The van der Waals surface area contributed by atoms with Crippen LogP contribution in [0.3, 0.4) is 0 Å². The predicted octanol–water partition coefficient (Wildman–Crippen LogP) is 4.06. The van der Waals surface area contributed by atoms with Crippen molar-refractivity contribution in [2.24, 2.45) is 0 Å². The van der Waals surface area contributed by atoms with Crippen molar-refractivity contribution >= 4 is 5.91 Å². The molecule has 20 heavy (non-hydrogen) atoms. The van der Waals surface area contributed by atoms with E-state index in [9.17, 15) is 4.79 Å². The second kappa shape index (κ2) is 8.92. The molecule has 0 unspecified atom stereocenters. The number of carbonyl (C=O) groups is 1. The summed E-state index contributed by atoms with van der Waals surface area (Å²) in [4.78, 5) is 12.0. The first-order valence-corrected chi connectivity index (χ1v) is 7.02. The van der Waals surface area contributed by atoms with Crippen LogP contribution in [0, 0.1) is 0 Å². The number of hydrogen-bond donors (Lipinski definition) is 1. The summed E-state index contributed by atoms with van der Waals surface area (Å²) in [5.74, 6) is -0.0486. The zero-order chi connectivity index (χ0) is 14.8. The van der Waals surface area contributed by atoms with E-state index in [1.807, 2.05) is 49.4 Å². The van der Waals surface area contributed by atoms with Gasteiger partial charge in [-0.15, -0.1) is 0 Å². The number of nitrogens with one attached hydrogen (secondary N) is 1. The van der Waals surface area contributed by atoms with Crippen LogP contribution in [-0.4, -0.2) is 12.5 Å². The lowest BCUT2D eigenvalue weighted by Crippen LogP contribution is -2.25. The molecular formula is C18H23NO. The number of hydrogen-bond acceptors (Lipinski definition) is 1. The van der Waals surface area contributed by atoms with E-state index in [1.165, 1.54) is 5.56 Å². The quantitative estimate of drug-likeness (QED) is 0.743. The van der Waals surface area contributed by atoms with Gasteiger partial charge in [0.05, 0.1) is 0 Å². The summed E-state index contributed by atoms with van der Waals surface area (Å²) in [5.41, 5.74) is 2.99. The highest BCUT2D eigenvalue weighted by atomic mass is 16.1. The van der Waals surface area contributed by atoms with Crippen LogP contribution in [0.4, 0.5) is 0 Å². The maximum atomic E-state index is 12.0. The van der Waals surface area contributed by atoms with Crippen molar-refractivity contribution in [3.05, 3.63) is 71.8 Å². The molecule has 0 radical (unpaired) electrons. The summed E-state index contributed by atoms with van der Waals surface area (Å²) in [6.45, 7) is 8.28. The third-order valence-corrected chi connectivity index (χ3v) is 2.92. The molecule has 0 aliphatic carbocycles. The zero-order valence-corrected chi connectivity index (χ0v) is 12.4. The Labute approximate surface area is 121 Å². The molecule has 2 heteroatoms. The van der Waals surface area contributed by atoms with E-state index < -0.39 is 0 Å². The first-order valence-electron chi connectivity index (χ1n) is 7.02. The van der Waals surface area contributed by atoms with Crippen molar-refractivity contribution in [2.75, 3.05) is 6.54 Å². The van der Waals surface area contributed by atoms with Gasteiger partial charge in [-0.1, -0.05) is 56.4 Å². The monoisotopic (exact) mass is 269 g/mol. The van der Waals surface area contributed by atoms with Gasteiger partial charge in [0.15, 0.2) is 0 Å². The van der Waals surface area contributed by atoms with Gasteiger partial charge >= 0.3 is 0 Å². The highest BCUT2D eigenvalue weighted by molar-refractivity contribution is 5.94. The molecule has 0 atom stereocenters. The molecule has 0 spiro atoms. The van der Waals surface area contributed by atoms with Crippen LogP contribution in [0.15, 0.2) is 60.7 Å². The van der Waals surface area contributed by atoms with Gasteiger partial charge in [0.25, 0.3) is 5.91 Å². The lowest BCUT2D eigenvalue weighted by atomic mass is 10.1. The van der Waals surface area contributed by atoms with Crippen molar-refractivity contribution in [1.82, 2.24) is 5.32 Å². The summed E-state index contributed by atoms with van der Waals surface area (Å²) in [7, 11) is 0. The van der Waals surface area contributed by atoms with E-state index in [0.717, 1.165) is 18.4 Å². The number of benzene rings is 1. The van der Waals surface area contributed by atoms with E-state index >= 15 is 0 Å². The molecule has 2 nitrogen and oxygen atoms in total. The molecule has 0 fully saturated rings. The van der Waals surface area contributed by atoms with Crippen LogP contribution < -0.4 is 5.32 Å². The lowest BCUT2D eigenvalue weighted by Gasteiger charge is -2.07. The Morgan fingerprint density at radius 1 is 1.30 bits per heavy atom. The van der Waals surface area contributed by atoms with Gasteiger partial charge in [-0.2, -0.15) is 0 Å². The molecule has 0 aliphatic rings. The maximum Gasteiger partial charge on any atom is 0.251 e. The van der Waals surface area contributed by atoms with Gasteiger partial charge in [0.1, 0.15) is 0 Å². The predicted molar refractivity (Wildman–Crippen MR) is 85.9 cm³/mol. The van der Waals surface area contributed by atoms with E-state index in [0.29, 0.717) is 12.1 Å². The Morgan fingerprint density at radius 3 is 2.55 bits per heavy atom. The smallest absolute Gasteiger partial charge is 0.251 e. The molecule has 0 saturated carbocycles. The molecule has 0 saturated heterocycles. The van der Waals surface area contributed by atoms with E-state index in [-0.39, 0.29) is 5.91 Å². The van der Waals surface area contributed by atoms with Crippen LogP contribution in [0.25, 0.3) is 0 Å². The van der Waals surface area contributed by atoms with E-state index in [4.69, 9.17) is 0 Å². The molecule has 0 heterocycles. The fraction of sp³-hybridized carbons (Fsp3) is 0.278. The normalized spacial score (nSPS) is 11.6. The van der Waals surface area contributed by atoms with Gasteiger partial charge in [-0.3, -0.25) is 4.79 Å². The largest absolute Gasteiger partial charge is 0.348 e. The molecular weight excluding hydrogens is 246 g/mol. The standard InChI is InChI=1S/C18H23NO/c1-4-7-15-10-12-17(13-11-15)18(20)19-14-16(8-5-2)9-6-3/h5-6,8-13H,2,4,7,14H2,1,3H3,(H,19,20)/b9-6-,16-8+. The SMILES string of the molecule is C=C/C=C(\C=C/C)CNC(=O)c1ccc(CCC)cc1. The van der Waals surface area contributed by atoms with Gasteiger partial charge < -0.3 is 5.32 Å². The fourth-order valence-corrected chi connectivity index (χ4v) is 1.93. The first kappa shape index (κ1) is 16.0. The van der Waals surface area contributed by atoms with Gasteiger partial charge in [0, 0.05) is 12.1 Å². The number of allylic oxidation sites excluding steroid dienone is 3. The van der Waals surface area contributed by atoms with E-state index in [1.54, 1.807) is 6.08 Å². The third-order valence-electron chi connectivity index (χ3n) is 2.92. The topological polar surface area (TPSA) is 29.1 Å². The Morgan fingerprint density at radius 2 is 2.00 bits per heavy atom. The van der Waals surface area contributed by atoms with Gasteiger partial charge in [-0.05, 0) is 36.6 Å². The Kier molecular flexibility index (Phi) is 7.12. The van der Waals surface area contributed by atoms with Gasteiger partial charge in [-0.25, -0.2) is 0 Å². The average molecular weight is 269 g/mol. The molecule has 0 aromatic heterocycles. The number of aryl methyl sites for hydroxylation is 1. The lowest BCUT2D eigenvalue weighted by molar-refractivity contribution is 0.0957. The first-order chi connectivity index (χ1) is 9.71. The van der Waals surface area contributed by atoms with Crippen molar-refractivity contribution in [3.8, 4) is 0 Å². The molecule has 0 bridgehead atoms. The highest BCUT2D eigenvalue weighted by Gasteiger charge is 2.05. The van der Waals surface area contributed by atoms with Crippen molar-refractivity contribution < 1.29 is 4.79 Å². The Bertz CT molecular complexity index is 495. The van der Waals surface area contributed by atoms with Gasteiger partial charge in [0.2, 0.25) is 0 Å². The molecule has 1 N–H and O–H groups in total. The summed E-state index contributed by atoms with van der Waals surface area (Å²) < 4.78 is 0. The van der Waals surface area contributed by atoms with Crippen molar-refractivity contribution in [2.45, 2.75) is 26.7 Å². The Balaban J connectivity index is 2.62. The highest BCUT2D eigenvalue weighted by Crippen LogP contribution is 2.07. The zero-order valence-electron chi connectivity index (χ0n) is 12.4. The minimum absolute atomic E-state index is 0.0486. The summed E-state index contributed by atoms with van der Waals surface area (Å²) in [5, 5.41) is 2.91. The van der Waals surface area contributed by atoms with Crippen molar-refractivity contribution in [1.29, 1.82) is 0 Å². The summed E-state index contributed by atoms with van der Waals surface area (Å²) in [6.07, 6.45) is 9.69. The molecule has 1 aromatic carbocycles. The van der Waals surface area contributed by atoms with Crippen LogP contribution >= 0.6 is 0 Å². The number of amides is 1. The molecule has 1 amide bonds. The molecule has 106 valence electrons. The second-order valence-corrected chi connectivity index (χ2v) is 4.61. The van der Waals surface area contributed by atoms with E-state index in [2.05, 4.69) is 18.8 Å². The molecule has 1 aromatic rings. The summed E-state index contributed by atoms with van der Waals surface area (Å²) >= 11 is 0. The van der Waals surface area contributed by atoms with Crippen molar-refractivity contribution in [3.63, 3.8) is 0 Å². The van der Waals surface area contributed by atoms with Crippen LogP contribution in [-0.2, 0) is 6.42 Å². The number of rotatable bonds is 7. The third kappa shape index (κ3) is 5.27. The van der Waals surface area contributed by atoms with Crippen LogP contribution in [0.5, 0.6) is 0 Å². The fourth-order valence-electron chi connectivity index (χ4n) is 1.93. The van der Waals surface area contributed by atoms with Crippen LogP contribution in [0.2, 0.25) is 0 Å².